The lowest BCUT2D eigenvalue weighted by atomic mass is 9.93. The summed E-state index contributed by atoms with van der Waals surface area (Å²) >= 11 is 0. The number of amides is 1. The number of carbonyl (C=O) groups is 1. The van der Waals surface area contributed by atoms with Crippen molar-refractivity contribution in [3.05, 3.63) is 66.1 Å². The first-order valence-corrected chi connectivity index (χ1v) is 10.2. The van der Waals surface area contributed by atoms with Gasteiger partial charge in [-0.3, -0.25) is 14.7 Å². The standard InChI is InChI=1S/C23H27FN4O/c1-2-28-16-19(20-6-3-4-7-21(20)28)15-27-13-5-10-23(24,17-27)22(29)26-14-18-8-11-25-12-9-18/h3-4,6-9,11-12,16H,2,5,10,13-15,17H2,1H3,(H,26,29). The number of hydrogen-bond acceptors (Lipinski definition) is 3. The van der Waals surface area contributed by atoms with Crippen LogP contribution in [0.4, 0.5) is 4.39 Å². The van der Waals surface area contributed by atoms with E-state index in [1.54, 1.807) is 12.4 Å². The second-order valence-electron chi connectivity index (χ2n) is 7.78. The Balaban J connectivity index is 1.44. The minimum atomic E-state index is -1.85. The molecule has 152 valence electrons. The van der Waals surface area contributed by atoms with Crippen LogP contribution in [0.1, 0.15) is 30.9 Å². The minimum Gasteiger partial charge on any atom is -0.349 e. The number of alkyl halides is 1. The molecule has 1 atom stereocenters. The van der Waals surface area contributed by atoms with Gasteiger partial charge in [0, 0.05) is 55.7 Å². The van der Waals surface area contributed by atoms with Crippen LogP contribution >= 0.6 is 0 Å². The summed E-state index contributed by atoms with van der Waals surface area (Å²) in [5.41, 5.74) is 1.44. The van der Waals surface area contributed by atoms with E-state index < -0.39 is 11.6 Å². The van der Waals surface area contributed by atoms with Crippen LogP contribution in [0.3, 0.4) is 0 Å². The van der Waals surface area contributed by atoms with Crippen molar-refractivity contribution in [2.45, 2.75) is 45.1 Å². The van der Waals surface area contributed by atoms with Gasteiger partial charge in [-0.2, -0.15) is 0 Å². The summed E-state index contributed by atoms with van der Waals surface area (Å²) in [6.07, 6.45) is 6.43. The van der Waals surface area contributed by atoms with Crippen LogP contribution in [-0.4, -0.2) is 39.1 Å². The number of rotatable bonds is 6. The molecule has 1 aliphatic rings. The maximum atomic E-state index is 15.5. The molecule has 1 unspecified atom stereocenters. The van der Waals surface area contributed by atoms with Crippen molar-refractivity contribution < 1.29 is 9.18 Å². The van der Waals surface area contributed by atoms with E-state index in [-0.39, 0.29) is 13.0 Å². The number of likely N-dealkylation sites (tertiary alicyclic amines) is 1. The number of aromatic nitrogens is 2. The molecule has 1 fully saturated rings. The maximum Gasteiger partial charge on any atom is 0.259 e. The summed E-state index contributed by atoms with van der Waals surface area (Å²) in [7, 11) is 0. The Labute approximate surface area is 170 Å². The average molecular weight is 394 g/mol. The molecule has 3 heterocycles. The smallest absolute Gasteiger partial charge is 0.259 e. The van der Waals surface area contributed by atoms with Crippen molar-refractivity contribution >= 4 is 16.8 Å². The Morgan fingerprint density at radius 3 is 2.83 bits per heavy atom. The van der Waals surface area contributed by atoms with Crippen LogP contribution in [0.2, 0.25) is 0 Å². The first-order valence-electron chi connectivity index (χ1n) is 10.2. The predicted octanol–water partition coefficient (Wildman–Crippen LogP) is 3.68. The molecule has 3 aromatic rings. The van der Waals surface area contributed by atoms with E-state index in [1.165, 1.54) is 16.5 Å². The zero-order valence-electron chi connectivity index (χ0n) is 16.8. The van der Waals surface area contributed by atoms with Gasteiger partial charge in [0.1, 0.15) is 0 Å². The third-order valence-electron chi connectivity index (χ3n) is 5.74. The van der Waals surface area contributed by atoms with Gasteiger partial charge in [-0.1, -0.05) is 18.2 Å². The van der Waals surface area contributed by atoms with Gasteiger partial charge in [0.05, 0.1) is 0 Å². The normalized spacial score (nSPS) is 20.1. The fourth-order valence-electron chi connectivity index (χ4n) is 4.21. The summed E-state index contributed by atoms with van der Waals surface area (Å²) in [5.74, 6) is -0.519. The summed E-state index contributed by atoms with van der Waals surface area (Å²) in [6, 6.07) is 12.0. The van der Waals surface area contributed by atoms with E-state index >= 15 is 4.39 Å². The number of pyridine rings is 1. The van der Waals surface area contributed by atoms with Gasteiger partial charge in [-0.05, 0) is 55.6 Å². The second-order valence-corrected chi connectivity index (χ2v) is 7.78. The molecular weight excluding hydrogens is 367 g/mol. The lowest BCUT2D eigenvalue weighted by Gasteiger charge is -2.36. The number of nitrogens with one attached hydrogen (secondary N) is 1. The highest BCUT2D eigenvalue weighted by Crippen LogP contribution is 2.29. The first-order chi connectivity index (χ1) is 14.1. The Morgan fingerprint density at radius 2 is 2.03 bits per heavy atom. The molecule has 0 radical (unpaired) electrons. The molecular formula is C23H27FN4O. The lowest BCUT2D eigenvalue weighted by Crippen LogP contribution is -2.53. The number of fused-ring (bicyclic) bond motifs is 1. The third-order valence-corrected chi connectivity index (χ3v) is 5.74. The Hall–Kier alpha value is -2.73. The number of carbonyl (C=O) groups excluding carboxylic acids is 1. The molecule has 1 aliphatic heterocycles. The molecule has 2 aromatic heterocycles. The second kappa shape index (κ2) is 8.33. The first kappa shape index (κ1) is 19.6. The van der Waals surface area contributed by atoms with Gasteiger partial charge in [0.2, 0.25) is 5.67 Å². The van der Waals surface area contributed by atoms with Crippen molar-refractivity contribution in [2.24, 2.45) is 0 Å². The van der Waals surface area contributed by atoms with Crippen LogP contribution in [0.5, 0.6) is 0 Å². The Kier molecular flexibility index (Phi) is 5.62. The number of hydrogen-bond donors (Lipinski definition) is 1. The highest BCUT2D eigenvalue weighted by Gasteiger charge is 2.42. The molecule has 6 heteroatoms. The minimum absolute atomic E-state index is 0.126. The summed E-state index contributed by atoms with van der Waals surface area (Å²) in [4.78, 5) is 18.6. The van der Waals surface area contributed by atoms with Gasteiger partial charge >= 0.3 is 0 Å². The number of nitrogens with zero attached hydrogens (tertiary/aromatic N) is 3. The van der Waals surface area contributed by atoms with E-state index in [2.05, 4.69) is 45.0 Å². The number of aryl methyl sites for hydroxylation is 1. The third kappa shape index (κ3) is 4.17. The number of halogens is 1. The van der Waals surface area contributed by atoms with E-state index in [0.29, 0.717) is 19.5 Å². The van der Waals surface area contributed by atoms with Crippen molar-refractivity contribution in [2.75, 3.05) is 13.1 Å². The Bertz CT molecular complexity index is 987. The van der Waals surface area contributed by atoms with E-state index in [4.69, 9.17) is 0 Å². The number of piperidine rings is 1. The molecule has 0 aliphatic carbocycles. The highest BCUT2D eigenvalue weighted by atomic mass is 19.1. The number of benzene rings is 1. The monoisotopic (exact) mass is 394 g/mol. The van der Waals surface area contributed by atoms with E-state index in [0.717, 1.165) is 18.7 Å². The predicted molar refractivity (Wildman–Crippen MR) is 112 cm³/mol. The zero-order valence-corrected chi connectivity index (χ0v) is 16.8. The summed E-state index contributed by atoms with van der Waals surface area (Å²) in [5, 5.41) is 3.96. The molecule has 1 amide bonds. The van der Waals surface area contributed by atoms with Crippen molar-refractivity contribution in [1.82, 2.24) is 19.8 Å². The highest BCUT2D eigenvalue weighted by molar-refractivity contribution is 5.86. The van der Waals surface area contributed by atoms with Crippen LogP contribution in [0.25, 0.3) is 10.9 Å². The van der Waals surface area contributed by atoms with E-state index in [9.17, 15) is 4.79 Å². The zero-order chi connectivity index (χ0) is 20.3. The van der Waals surface area contributed by atoms with Crippen LogP contribution < -0.4 is 5.32 Å². The van der Waals surface area contributed by atoms with E-state index in [1.807, 2.05) is 24.3 Å². The summed E-state index contributed by atoms with van der Waals surface area (Å²) in [6.45, 7) is 4.91. The van der Waals surface area contributed by atoms with Crippen molar-refractivity contribution in [1.29, 1.82) is 0 Å². The average Bonchev–Trinajstić information content (AvgIpc) is 3.10. The molecule has 0 bridgehead atoms. The SMILES string of the molecule is CCn1cc(CN2CCCC(F)(C(=O)NCc3ccncc3)C2)c2ccccc21. The fourth-order valence-corrected chi connectivity index (χ4v) is 4.21. The largest absolute Gasteiger partial charge is 0.349 e. The molecule has 0 saturated carbocycles. The molecule has 5 nitrogen and oxygen atoms in total. The Morgan fingerprint density at radius 1 is 1.24 bits per heavy atom. The van der Waals surface area contributed by atoms with Gasteiger partial charge < -0.3 is 9.88 Å². The van der Waals surface area contributed by atoms with Crippen LogP contribution in [-0.2, 0) is 24.4 Å². The fraction of sp³-hybridized carbons (Fsp3) is 0.391. The van der Waals surface area contributed by atoms with Crippen molar-refractivity contribution in [3.8, 4) is 0 Å². The topological polar surface area (TPSA) is 50.2 Å². The molecule has 0 spiro atoms. The molecule has 1 N–H and O–H groups in total. The summed E-state index contributed by atoms with van der Waals surface area (Å²) < 4.78 is 17.8. The van der Waals surface area contributed by atoms with Gasteiger partial charge in [-0.25, -0.2) is 4.39 Å². The molecule has 29 heavy (non-hydrogen) atoms. The van der Waals surface area contributed by atoms with Gasteiger partial charge in [-0.15, -0.1) is 0 Å². The van der Waals surface area contributed by atoms with Crippen LogP contribution in [0.15, 0.2) is 55.0 Å². The number of para-hydroxylation sites is 1. The van der Waals surface area contributed by atoms with Gasteiger partial charge in [0.15, 0.2) is 0 Å². The van der Waals surface area contributed by atoms with Crippen molar-refractivity contribution in [3.63, 3.8) is 0 Å². The molecule has 1 aromatic carbocycles. The molecule has 1 saturated heterocycles. The maximum absolute atomic E-state index is 15.5. The molecule has 4 rings (SSSR count). The van der Waals surface area contributed by atoms with Gasteiger partial charge in [0.25, 0.3) is 5.91 Å². The lowest BCUT2D eigenvalue weighted by molar-refractivity contribution is -0.137. The quantitative estimate of drug-likeness (QED) is 0.694. The van der Waals surface area contributed by atoms with Crippen LogP contribution in [0, 0.1) is 0 Å².